The van der Waals surface area contributed by atoms with Crippen molar-refractivity contribution >= 4 is 5.71 Å². The first-order chi connectivity index (χ1) is 10.5. The van der Waals surface area contributed by atoms with Gasteiger partial charge in [-0.2, -0.15) is 0 Å². The molecular formula is C19H31NO2. The molecular weight excluding hydrogens is 274 g/mol. The molecule has 0 heterocycles. The minimum atomic E-state index is -0.0527. The molecule has 2 unspecified atom stereocenters. The molecule has 4 saturated carbocycles. The van der Waals surface area contributed by atoms with E-state index in [9.17, 15) is 10.3 Å². The van der Waals surface area contributed by atoms with E-state index in [1.54, 1.807) is 0 Å². The van der Waals surface area contributed by atoms with Gasteiger partial charge in [-0.15, -0.1) is 0 Å². The number of oxime groups is 1. The lowest BCUT2D eigenvalue weighted by Crippen LogP contribution is -2.54. The molecule has 3 nitrogen and oxygen atoms in total. The maximum Gasteiger partial charge on any atom is 0.0632 e. The minimum absolute atomic E-state index is 0.0527. The van der Waals surface area contributed by atoms with Crippen LogP contribution in [0.25, 0.3) is 0 Å². The zero-order valence-corrected chi connectivity index (χ0v) is 14.1. The van der Waals surface area contributed by atoms with Crippen molar-refractivity contribution in [2.75, 3.05) is 0 Å². The average Bonchev–Trinajstić information content (AvgIpc) is 2.84. The Labute approximate surface area is 134 Å². The van der Waals surface area contributed by atoms with Crippen LogP contribution < -0.4 is 0 Å². The van der Waals surface area contributed by atoms with Crippen molar-refractivity contribution in [1.29, 1.82) is 0 Å². The highest BCUT2D eigenvalue weighted by Gasteiger charge is 2.59. The highest BCUT2D eigenvalue weighted by molar-refractivity contribution is 5.91. The number of hydrogen-bond acceptors (Lipinski definition) is 3. The molecule has 0 saturated heterocycles. The molecule has 22 heavy (non-hydrogen) atoms. The molecule has 7 atom stereocenters. The largest absolute Gasteiger partial charge is 0.411 e. The van der Waals surface area contributed by atoms with E-state index in [1.807, 2.05) is 0 Å². The van der Waals surface area contributed by atoms with Gasteiger partial charge in [0.2, 0.25) is 0 Å². The second kappa shape index (κ2) is 4.96. The molecule has 4 rings (SSSR count). The van der Waals surface area contributed by atoms with Crippen LogP contribution in [0.15, 0.2) is 5.16 Å². The number of fused-ring (bicyclic) bond motifs is 5. The Balaban J connectivity index is 1.63. The first-order valence-corrected chi connectivity index (χ1v) is 9.38. The summed E-state index contributed by atoms with van der Waals surface area (Å²) in [4.78, 5) is 0. The van der Waals surface area contributed by atoms with Gasteiger partial charge >= 0.3 is 0 Å². The monoisotopic (exact) mass is 305 g/mol. The van der Waals surface area contributed by atoms with Crippen LogP contribution in [0.3, 0.4) is 0 Å². The zero-order valence-electron chi connectivity index (χ0n) is 14.1. The number of rotatable bonds is 0. The van der Waals surface area contributed by atoms with Crippen molar-refractivity contribution in [3.63, 3.8) is 0 Å². The van der Waals surface area contributed by atoms with Gasteiger partial charge in [-0.25, -0.2) is 0 Å². The van der Waals surface area contributed by atoms with Crippen LogP contribution in [0.2, 0.25) is 0 Å². The molecule has 0 amide bonds. The van der Waals surface area contributed by atoms with Gasteiger partial charge in [0.05, 0.1) is 11.8 Å². The minimum Gasteiger partial charge on any atom is -0.411 e. The second-order valence-electron chi connectivity index (χ2n) is 9.13. The van der Waals surface area contributed by atoms with Crippen LogP contribution >= 0.6 is 0 Å². The average molecular weight is 305 g/mol. The molecule has 0 aromatic carbocycles. The lowest BCUT2D eigenvalue weighted by molar-refractivity contribution is -0.114. The normalized spacial score (nSPS) is 56.3. The molecule has 0 aromatic rings. The Morgan fingerprint density at radius 2 is 1.82 bits per heavy atom. The summed E-state index contributed by atoms with van der Waals surface area (Å²) < 4.78 is 0. The molecule has 0 aliphatic heterocycles. The van der Waals surface area contributed by atoms with Crippen molar-refractivity contribution < 1.29 is 10.3 Å². The molecule has 3 heteroatoms. The van der Waals surface area contributed by atoms with E-state index in [4.69, 9.17) is 0 Å². The van der Waals surface area contributed by atoms with Crippen LogP contribution in [-0.2, 0) is 0 Å². The van der Waals surface area contributed by atoms with E-state index >= 15 is 0 Å². The fourth-order valence-electron chi connectivity index (χ4n) is 7.19. The Bertz CT molecular complexity index is 490. The highest BCUT2D eigenvalue weighted by atomic mass is 16.4. The van der Waals surface area contributed by atoms with Crippen molar-refractivity contribution in [3.05, 3.63) is 0 Å². The quantitative estimate of drug-likeness (QED) is 0.520. The van der Waals surface area contributed by atoms with E-state index in [0.29, 0.717) is 5.41 Å². The van der Waals surface area contributed by atoms with Crippen molar-refractivity contribution in [2.24, 2.45) is 39.7 Å². The molecule has 0 bridgehead atoms. The number of aliphatic hydroxyl groups is 1. The summed E-state index contributed by atoms with van der Waals surface area (Å²) >= 11 is 0. The molecule has 2 N–H and O–H groups in total. The van der Waals surface area contributed by atoms with Gasteiger partial charge < -0.3 is 10.3 Å². The maximum absolute atomic E-state index is 10.1. The standard InChI is InChI=1S/C19H31NO2/c1-18-9-7-13(21)11-12(18)3-4-14-15-5-6-17(20-22)19(15,2)10-8-16(14)18/h12-16,21-22H,3-11H2,1-2H3/b20-17-/t12?,13?,14-,15-,16-,18-,19-/m0/s1. The van der Waals surface area contributed by atoms with Gasteiger partial charge in [-0.05, 0) is 86.9 Å². The number of nitrogens with zero attached hydrogens (tertiary/aromatic N) is 1. The van der Waals surface area contributed by atoms with Crippen LogP contribution in [0, 0.1) is 34.5 Å². The highest BCUT2D eigenvalue weighted by Crippen LogP contribution is 2.65. The van der Waals surface area contributed by atoms with Gasteiger partial charge in [0.15, 0.2) is 0 Å². The third-order valence-electron chi connectivity index (χ3n) is 8.50. The van der Waals surface area contributed by atoms with Gasteiger partial charge in [-0.1, -0.05) is 19.0 Å². The summed E-state index contributed by atoms with van der Waals surface area (Å²) in [6, 6.07) is 0. The maximum atomic E-state index is 10.1. The van der Waals surface area contributed by atoms with Gasteiger partial charge in [0, 0.05) is 5.41 Å². The van der Waals surface area contributed by atoms with E-state index < -0.39 is 0 Å². The SMILES string of the molecule is C[C@]12CCC(O)CC1CC[C@@H]1[C@@H]2CC[C@]2(C)/C(=N\O)CC[C@@H]12. The third-order valence-corrected chi connectivity index (χ3v) is 8.50. The molecule has 124 valence electrons. The summed E-state index contributed by atoms with van der Waals surface area (Å²) in [6.07, 6.45) is 10.5. The summed E-state index contributed by atoms with van der Waals surface area (Å²) in [5, 5.41) is 23.1. The van der Waals surface area contributed by atoms with E-state index in [2.05, 4.69) is 19.0 Å². The number of aliphatic hydroxyl groups excluding tert-OH is 1. The molecule has 0 spiro atoms. The van der Waals surface area contributed by atoms with E-state index in [0.717, 1.165) is 48.6 Å². The Morgan fingerprint density at radius 1 is 1.00 bits per heavy atom. The predicted octanol–water partition coefficient (Wildman–Crippen LogP) is 4.22. The smallest absolute Gasteiger partial charge is 0.0632 e. The second-order valence-corrected chi connectivity index (χ2v) is 9.13. The first-order valence-electron chi connectivity index (χ1n) is 9.38. The molecule has 0 aromatic heterocycles. The van der Waals surface area contributed by atoms with Crippen molar-refractivity contribution in [2.45, 2.75) is 77.7 Å². The fraction of sp³-hybridized carbons (Fsp3) is 0.947. The topological polar surface area (TPSA) is 52.8 Å². The fourth-order valence-corrected chi connectivity index (χ4v) is 7.19. The van der Waals surface area contributed by atoms with Crippen molar-refractivity contribution in [1.82, 2.24) is 0 Å². The Morgan fingerprint density at radius 3 is 2.59 bits per heavy atom. The van der Waals surface area contributed by atoms with Crippen LogP contribution in [0.4, 0.5) is 0 Å². The molecule has 4 aliphatic rings. The molecule has 0 radical (unpaired) electrons. The van der Waals surface area contributed by atoms with Crippen LogP contribution in [0.1, 0.15) is 71.6 Å². The Hall–Kier alpha value is -0.570. The summed E-state index contributed by atoms with van der Waals surface area (Å²) in [6.45, 7) is 4.88. The third kappa shape index (κ3) is 1.87. The van der Waals surface area contributed by atoms with Gasteiger partial charge in [0.25, 0.3) is 0 Å². The first kappa shape index (κ1) is 15.0. The molecule has 4 fully saturated rings. The van der Waals surface area contributed by atoms with Crippen LogP contribution in [-0.4, -0.2) is 22.1 Å². The summed E-state index contributed by atoms with van der Waals surface area (Å²) in [5.74, 6) is 3.10. The van der Waals surface area contributed by atoms with E-state index in [-0.39, 0.29) is 11.5 Å². The predicted molar refractivity (Wildman–Crippen MR) is 87.0 cm³/mol. The van der Waals surface area contributed by atoms with Gasteiger partial charge in [-0.3, -0.25) is 0 Å². The van der Waals surface area contributed by atoms with Crippen LogP contribution in [0.5, 0.6) is 0 Å². The Kier molecular flexibility index (Phi) is 3.38. The van der Waals surface area contributed by atoms with E-state index in [1.165, 1.54) is 38.5 Å². The number of hydrogen-bond donors (Lipinski definition) is 2. The summed E-state index contributed by atoms with van der Waals surface area (Å²) in [5.41, 5.74) is 1.68. The summed E-state index contributed by atoms with van der Waals surface area (Å²) in [7, 11) is 0. The lowest BCUT2D eigenvalue weighted by atomic mass is 9.45. The van der Waals surface area contributed by atoms with Crippen molar-refractivity contribution in [3.8, 4) is 0 Å². The lowest BCUT2D eigenvalue weighted by Gasteiger charge is -2.60. The van der Waals surface area contributed by atoms with Gasteiger partial charge in [0.1, 0.15) is 0 Å². The zero-order chi connectivity index (χ0) is 15.5. The molecule has 4 aliphatic carbocycles.